The van der Waals surface area contributed by atoms with Gasteiger partial charge in [-0.05, 0) is 38.5 Å². The molecule has 0 radical (unpaired) electrons. The van der Waals surface area contributed by atoms with Crippen molar-refractivity contribution in [3.8, 4) is 0 Å². The fourth-order valence-electron chi connectivity index (χ4n) is 2.44. The molecule has 1 aliphatic carbocycles. The van der Waals surface area contributed by atoms with Crippen LogP contribution in [0.3, 0.4) is 0 Å². The van der Waals surface area contributed by atoms with Crippen molar-refractivity contribution in [3.63, 3.8) is 0 Å². The maximum atomic E-state index is 11.7. The predicted octanol–water partition coefficient (Wildman–Crippen LogP) is 4.09. The second-order valence-electron chi connectivity index (χ2n) is 5.91. The second kappa shape index (κ2) is 7.50. The van der Waals surface area contributed by atoms with E-state index in [2.05, 4.69) is 26.8 Å². The van der Waals surface area contributed by atoms with Crippen molar-refractivity contribution in [3.05, 3.63) is 11.6 Å². The molecule has 18 heavy (non-hydrogen) atoms. The van der Waals surface area contributed by atoms with Crippen LogP contribution in [-0.4, -0.2) is 11.6 Å². The zero-order valence-electron chi connectivity index (χ0n) is 12.0. The van der Waals surface area contributed by atoms with E-state index in [4.69, 9.17) is 0 Å². The van der Waals surface area contributed by atoms with Crippen LogP contribution in [-0.2, 0) is 9.59 Å². The zero-order valence-corrected chi connectivity index (χ0v) is 12.0. The van der Waals surface area contributed by atoms with Crippen LogP contribution >= 0.6 is 0 Å². The molecule has 0 aromatic rings. The van der Waals surface area contributed by atoms with Gasteiger partial charge in [0.15, 0.2) is 0 Å². The molecule has 2 nitrogen and oxygen atoms in total. The zero-order chi connectivity index (χ0) is 13.5. The van der Waals surface area contributed by atoms with Crippen LogP contribution in [0.2, 0.25) is 0 Å². The summed E-state index contributed by atoms with van der Waals surface area (Å²) in [7, 11) is 0. The normalized spacial score (nSPS) is 18.8. The molecule has 0 amide bonds. The maximum absolute atomic E-state index is 11.7. The smallest absolute Gasteiger partial charge is 0.143 e. The summed E-state index contributed by atoms with van der Waals surface area (Å²) >= 11 is 0. The first-order valence-electron chi connectivity index (χ1n) is 7.21. The Balaban J connectivity index is 2.37. The van der Waals surface area contributed by atoms with Gasteiger partial charge in [0.2, 0.25) is 0 Å². The van der Waals surface area contributed by atoms with Crippen molar-refractivity contribution in [1.29, 1.82) is 0 Å². The number of allylic oxidation sites excluding steroid dienone is 2. The van der Waals surface area contributed by atoms with Gasteiger partial charge in [-0.15, -0.1) is 0 Å². The summed E-state index contributed by atoms with van der Waals surface area (Å²) in [4.78, 5) is 23.3. The Morgan fingerprint density at radius 1 is 1.28 bits per heavy atom. The van der Waals surface area contributed by atoms with Gasteiger partial charge < -0.3 is 0 Å². The molecule has 0 aromatic carbocycles. The van der Waals surface area contributed by atoms with E-state index in [9.17, 15) is 9.59 Å². The summed E-state index contributed by atoms with van der Waals surface area (Å²) in [5.74, 6) is 0.716. The molecule has 1 fully saturated rings. The summed E-state index contributed by atoms with van der Waals surface area (Å²) in [5, 5.41) is 0. The van der Waals surface area contributed by atoms with Crippen LogP contribution in [0.5, 0.6) is 0 Å². The van der Waals surface area contributed by atoms with Gasteiger partial charge in [0.25, 0.3) is 0 Å². The van der Waals surface area contributed by atoms with E-state index < -0.39 is 0 Å². The van der Waals surface area contributed by atoms with Gasteiger partial charge >= 0.3 is 0 Å². The van der Waals surface area contributed by atoms with E-state index in [0.29, 0.717) is 19.3 Å². The van der Waals surface area contributed by atoms with E-state index in [0.717, 1.165) is 18.8 Å². The highest BCUT2D eigenvalue weighted by Gasteiger charge is 2.28. The van der Waals surface area contributed by atoms with Gasteiger partial charge in [0.1, 0.15) is 11.6 Å². The van der Waals surface area contributed by atoms with E-state index in [1.54, 1.807) is 0 Å². The van der Waals surface area contributed by atoms with Crippen molar-refractivity contribution < 1.29 is 9.59 Å². The van der Waals surface area contributed by atoms with E-state index in [1.807, 2.05) is 0 Å². The van der Waals surface area contributed by atoms with Gasteiger partial charge in [-0.1, -0.05) is 31.9 Å². The predicted molar refractivity (Wildman–Crippen MR) is 74.4 cm³/mol. The lowest BCUT2D eigenvalue weighted by atomic mass is 9.84. The molecular formula is C16H26O2. The molecule has 0 unspecified atom stereocenters. The minimum absolute atomic E-state index is 0.150. The van der Waals surface area contributed by atoms with Crippen LogP contribution in [0.1, 0.15) is 65.7 Å². The van der Waals surface area contributed by atoms with Crippen molar-refractivity contribution in [1.82, 2.24) is 0 Å². The van der Waals surface area contributed by atoms with Crippen LogP contribution < -0.4 is 0 Å². The molecule has 102 valence electrons. The Bertz CT molecular complexity index is 310. The summed E-state index contributed by atoms with van der Waals surface area (Å²) in [6.07, 6.45) is 8.21. The fraction of sp³-hybridized carbons (Fsp3) is 0.750. The van der Waals surface area contributed by atoms with Crippen LogP contribution in [0, 0.1) is 11.8 Å². The lowest BCUT2D eigenvalue weighted by Crippen LogP contribution is -2.28. The Hall–Kier alpha value is -0.920. The van der Waals surface area contributed by atoms with Gasteiger partial charge in [0.05, 0.1) is 5.92 Å². The Labute approximate surface area is 111 Å². The second-order valence-corrected chi connectivity index (χ2v) is 5.91. The third kappa shape index (κ3) is 5.16. The van der Waals surface area contributed by atoms with E-state index in [-0.39, 0.29) is 17.5 Å². The number of Topliss-reactive ketones (excluding diaryl/α,β-unsaturated/α-hetero) is 2. The molecule has 0 aromatic heterocycles. The highest BCUT2D eigenvalue weighted by atomic mass is 16.2. The third-order valence-electron chi connectivity index (χ3n) is 3.68. The molecule has 0 saturated heterocycles. The fourth-order valence-corrected chi connectivity index (χ4v) is 2.44. The third-order valence-corrected chi connectivity index (χ3v) is 3.68. The first kappa shape index (κ1) is 15.1. The van der Waals surface area contributed by atoms with Crippen molar-refractivity contribution >= 4 is 11.6 Å². The SMILES string of the molecule is CC(=CCC1C(=O)CCCC1=O)CCCC(C)C. The number of hydrogen-bond acceptors (Lipinski definition) is 2. The van der Waals surface area contributed by atoms with Gasteiger partial charge in [-0.2, -0.15) is 0 Å². The largest absolute Gasteiger partial charge is 0.299 e. The summed E-state index contributed by atoms with van der Waals surface area (Å²) in [5.41, 5.74) is 1.32. The van der Waals surface area contributed by atoms with E-state index in [1.165, 1.54) is 18.4 Å². The standard InChI is InChI=1S/C16H26O2/c1-12(2)6-4-7-13(3)10-11-14-15(17)8-5-9-16(14)18/h10,12,14H,4-9,11H2,1-3H3. The molecule has 0 bridgehead atoms. The van der Waals surface area contributed by atoms with E-state index >= 15 is 0 Å². The topological polar surface area (TPSA) is 34.1 Å². The average molecular weight is 250 g/mol. The molecular weight excluding hydrogens is 224 g/mol. The molecule has 0 heterocycles. The molecule has 1 saturated carbocycles. The van der Waals surface area contributed by atoms with Crippen molar-refractivity contribution in [2.45, 2.75) is 65.7 Å². The summed E-state index contributed by atoms with van der Waals surface area (Å²) in [6, 6.07) is 0. The first-order chi connectivity index (χ1) is 8.50. The monoisotopic (exact) mass is 250 g/mol. The van der Waals surface area contributed by atoms with Crippen molar-refractivity contribution in [2.75, 3.05) is 0 Å². The number of carbonyl (C=O) groups is 2. The quantitative estimate of drug-likeness (QED) is 0.525. The minimum atomic E-state index is -0.334. The number of rotatable bonds is 6. The molecule has 0 aliphatic heterocycles. The number of hydrogen-bond donors (Lipinski definition) is 0. The maximum Gasteiger partial charge on any atom is 0.143 e. The Morgan fingerprint density at radius 2 is 1.89 bits per heavy atom. The van der Waals surface area contributed by atoms with Gasteiger partial charge in [0, 0.05) is 12.8 Å². The molecule has 0 spiro atoms. The minimum Gasteiger partial charge on any atom is -0.299 e. The lowest BCUT2D eigenvalue weighted by molar-refractivity contribution is -0.135. The van der Waals surface area contributed by atoms with Crippen molar-refractivity contribution in [2.24, 2.45) is 11.8 Å². The first-order valence-corrected chi connectivity index (χ1v) is 7.21. The summed E-state index contributed by atoms with van der Waals surface area (Å²) in [6.45, 7) is 6.58. The van der Waals surface area contributed by atoms with Crippen LogP contribution in [0.15, 0.2) is 11.6 Å². The highest BCUT2D eigenvalue weighted by molar-refractivity contribution is 6.04. The molecule has 0 N–H and O–H groups in total. The number of ketones is 2. The van der Waals surface area contributed by atoms with Crippen LogP contribution in [0.25, 0.3) is 0 Å². The van der Waals surface area contributed by atoms with Gasteiger partial charge in [-0.3, -0.25) is 9.59 Å². The molecule has 1 aliphatic rings. The lowest BCUT2D eigenvalue weighted by Gasteiger charge is -2.18. The van der Waals surface area contributed by atoms with Crippen LogP contribution in [0.4, 0.5) is 0 Å². The molecule has 1 rings (SSSR count). The molecule has 2 heteroatoms. The summed E-state index contributed by atoms with van der Waals surface area (Å²) < 4.78 is 0. The molecule has 0 atom stereocenters. The Morgan fingerprint density at radius 3 is 2.44 bits per heavy atom. The highest BCUT2D eigenvalue weighted by Crippen LogP contribution is 2.22. The average Bonchev–Trinajstić information content (AvgIpc) is 2.27. The number of carbonyl (C=O) groups excluding carboxylic acids is 2. The Kier molecular flexibility index (Phi) is 6.31. The van der Waals surface area contributed by atoms with Gasteiger partial charge in [-0.25, -0.2) is 0 Å².